The van der Waals surface area contributed by atoms with Gasteiger partial charge in [-0.15, -0.1) is 0 Å². The van der Waals surface area contributed by atoms with Crippen LogP contribution in [0.15, 0.2) is 41.1 Å². The van der Waals surface area contributed by atoms with Crippen molar-refractivity contribution in [2.24, 2.45) is 0 Å². The number of phenolic OH excluding ortho intramolecular Hbond substituents is 1. The van der Waals surface area contributed by atoms with Gasteiger partial charge in [-0.05, 0) is 29.8 Å². The lowest BCUT2D eigenvalue weighted by Gasteiger charge is -2.18. The lowest BCUT2D eigenvalue weighted by molar-refractivity contribution is 0.171. The van der Waals surface area contributed by atoms with Crippen LogP contribution >= 0.6 is 23.2 Å². The van der Waals surface area contributed by atoms with Crippen molar-refractivity contribution in [1.82, 2.24) is 5.16 Å². The summed E-state index contributed by atoms with van der Waals surface area (Å²) in [5.41, 5.74) is 1.86. The summed E-state index contributed by atoms with van der Waals surface area (Å²) in [5.74, 6) is 1.60. The summed E-state index contributed by atoms with van der Waals surface area (Å²) >= 11 is 12.0. The third kappa shape index (κ3) is 2.56. The first kappa shape index (κ1) is 15.2. The summed E-state index contributed by atoms with van der Waals surface area (Å²) < 4.78 is 16.5. The molecule has 1 aliphatic rings. The topological polar surface area (TPSA) is 64.7 Å². The minimum Gasteiger partial charge on any atom is -0.506 e. The van der Waals surface area contributed by atoms with E-state index >= 15 is 0 Å². The maximum atomic E-state index is 10.2. The number of benzene rings is 2. The minimum atomic E-state index is -0.114. The Balaban J connectivity index is 1.84. The van der Waals surface area contributed by atoms with Crippen molar-refractivity contribution in [3.05, 3.63) is 46.6 Å². The second kappa shape index (κ2) is 5.92. The molecule has 0 unspecified atom stereocenters. The molecule has 0 atom stereocenters. The largest absolute Gasteiger partial charge is 0.506 e. The van der Waals surface area contributed by atoms with E-state index in [2.05, 4.69) is 5.16 Å². The van der Waals surface area contributed by atoms with Crippen LogP contribution in [-0.4, -0.2) is 23.5 Å². The Morgan fingerprint density at radius 3 is 2.58 bits per heavy atom. The maximum absolute atomic E-state index is 10.2. The van der Waals surface area contributed by atoms with E-state index in [1.165, 1.54) is 6.07 Å². The van der Waals surface area contributed by atoms with Gasteiger partial charge in [0.2, 0.25) is 0 Å². The monoisotopic (exact) mass is 363 g/mol. The maximum Gasteiger partial charge on any atom is 0.178 e. The highest BCUT2D eigenvalue weighted by molar-refractivity contribution is 6.36. The smallest absolute Gasteiger partial charge is 0.178 e. The predicted octanol–water partition coefficient (Wildman–Crippen LogP) is 4.79. The number of halogens is 2. The standard InChI is InChI=1S/C17H11Cl2NO4/c18-10-6-11(16(21)13(19)7-10)17-12(8-20-24-17)9-1-2-14-15(5-9)23-4-3-22-14/h1-2,5-8,21H,3-4H2. The number of fused-ring (bicyclic) bond motifs is 1. The van der Waals surface area contributed by atoms with Crippen molar-refractivity contribution < 1.29 is 19.1 Å². The molecule has 0 saturated carbocycles. The van der Waals surface area contributed by atoms with Gasteiger partial charge in [0.1, 0.15) is 19.0 Å². The van der Waals surface area contributed by atoms with Crippen LogP contribution in [0, 0.1) is 0 Å². The fraction of sp³-hybridized carbons (Fsp3) is 0.118. The van der Waals surface area contributed by atoms with Crippen LogP contribution in [0.3, 0.4) is 0 Å². The quantitative estimate of drug-likeness (QED) is 0.708. The zero-order chi connectivity index (χ0) is 16.7. The van der Waals surface area contributed by atoms with Crippen molar-refractivity contribution in [3.63, 3.8) is 0 Å². The van der Waals surface area contributed by atoms with E-state index in [9.17, 15) is 5.11 Å². The molecule has 5 nitrogen and oxygen atoms in total. The molecule has 2 heterocycles. The Morgan fingerprint density at radius 1 is 0.958 bits per heavy atom. The highest BCUT2D eigenvalue weighted by atomic mass is 35.5. The normalized spacial score (nSPS) is 13.1. The van der Waals surface area contributed by atoms with Crippen LogP contribution < -0.4 is 9.47 Å². The molecule has 0 radical (unpaired) electrons. The molecule has 0 fully saturated rings. The summed E-state index contributed by atoms with van der Waals surface area (Å²) in [6.07, 6.45) is 1.56. The molecular weight excluding hydrogens is 353 g/mol. The Kier molecular flexibility index (Phi) is 3.75. The van der Waals surface area contributed by atoms with Crippen LogP contribution in [0.25, 0.3) is 22.5 Å². The number of aromatic nitrogens is 1. The number of phenols is 1. The number of rotatable bonds is 2. The molecule has 0 bridgehead atoms. The van der Waals surface area contributed by atoms with Gasteiger partial charge < -0.3 is 19.1 Å². The molecule has 3 aromatic rings. The molecule has 2 aromatic carbocycles. The van der Waals surface area contributed by atoms with Crippen LogP contribution in [0.1, 0.15) is 0 Å². The third-order valence-electron chi connectivity index (χ3n) is 3.70. The van der Waals surface area contributed by atoms with Gasteiger partial charge in [-0.3, -0.25) is 0 Å². The molecule has 1 N–H and O–H groups in total. The van der Waals surface area contributed by atoms with Crippen LogP contribution in [0.4, 0.5) is 0 Å². The summed E-state index contributed by atoms with van der Waals surface area (Å²) in [4.78, 5) is 0. The molecule has 1 aromatic heterocycles. The minimum absolute atomic E-state index is 0.114. The Morgan fingerprint density at radius 2 is 1.75 bits per heavy atom. The first-order valence-electron chi connectivity index (χ1n) is 7.16. The first-order chi connectivity index (χ1) is 11.6. The average Bonchev–Trinajstić information content (AvgIpc) is 3.07. The molecule has 0 saturated heterocycles. The second-order valence-electron chi connectivity index (χ2n) is 5.21. The zero-order valence-electron chi connectivity index (χ0n) is 12.3. The van der Waals surface area contributed by atoms with Gasteiger partial charge >= 0.3 is 0 Å². The summed E-state index contributed by atoms with van der Waals surface area (Å²) in [5, 5.41) is 14.6. The lowest BCUT2D eigenvalue weighted by Crippen LogP contribution is -2.15. The Hall–Kier alpha value is -2.37. The van der Waals surface area contributed by atoms with Gasteiger partial charge in [-0.1, -0.05) is 34.4 Å². The van der Waals surface area contributed by atoms with Gasteiger partial charge in [0.05, 0.1) is 16.8 Å². The van der Waals surface area contributed by atoms with E-state index in [0.29, 0.717) is 46.6 Å². The highest BCUT2D eigenvalue weighted by Crippen LogP contribution is 2.43. The number of hydrogen-bond acceptors (Lipinski definition) is 5. The first-order valence-corrected chi connectivity index (χ1v) is 7.92. The molecule has 7 heteroatoms. The van der Waals surface area contributed by atoms with Gasteiger partial charge in [0, 0.05) is 10.6 Å². The van der Waals surface area contributed by atoms with Gasteiger partial charge in [0.15, 0.2) is 17.3 Å². The number of ether oxygens (including phenoxy) is 2. The Labute approximate surface area is 147 Å². The number of hydrogen-bond donors (Lipinski definition) is 1. The number of nitrogens with zero attached hydrogens (tertiary/aromatic N) is 1. The number of aromatic hydroxyl groups is 1. The van der Waals surface area contributed by atoms with Gasteiger partial charge in [0.25, 0.3) is 0 Å². The van der Waals surface area contributed by atoms with E-state index in [0.717, 1.165) is 5.56 Å². The summed E-state index contributed by atoms with van der Waals surface area (Å²) in [6.45, 7) is 1.03. The average molecular weight is 364 g/mol. The summed E-state index contributed by atoms with van der Waals surface area (Å²) in [6, 6.07) is 8.57. The van der Waals surface area contributed by atoms with Crippen LogP contribution in [0.5, 0.6) is 17.2 Å². The fourth-order valence-electron chi connectivity index (χ4n) is 2.59. The van der Waals surface area contributed by atoms with E-state index in [4.69, 9.17) is 37.2 Å². The second-order valence-corrected chi connectivity index (χ2v) is 6.05. The molecule has 1 aliphatic heterocycles. The molecule has 0 aliphatic carbocycles. The van der Waals surface area contributed by atoms with Crippen molar-refractivity contribution in [2.75, 3.05) is 13.2 Å². The van der Waals surface area contributed by atoms with Crippen molar-refractivity contribution in [2.45, 2.75) is 0 Å². The summed E-state index contributed by atoms with van der Waals surface area (Å²) in [7, 11) is 0. The zero-order valence-corrected chi connectivity index (χ0v) is 13.8. The third-order valence-corrected chi connectivity index (χ3v) is 4.20. The van der Waals surface area contributed by atoms with Crippen molar-refractivity contribution in [3.8, 4) is 39.7 Å². The molecular formula is C17H11Cl2NO4. The molecule has 4 rings (SSSR count). The van der Waals surface area contributed by atoms with Gasteiger partial charge in [-0.25, -0.2) is 0 Å². The van der Waals surface area contributed by atoms with Crippen LogP contribution in [0.2, 0.25) is 10.0 Å². The van der Waals surface area contributed by atoms with Gasteiger partial charge in [-0.2, -0.15) is 0 Å². The van der Waals surface area contributed by atoms with E-state index < -0.39 is 0 Å². The van der Waals surface area contributed by atoms with E-state index in [1.54, 1.807) is 12.3 Å². The molecule has 0 spiro atoms. The van der Waals surface area contributed by atoms with Crippen molar-refractivity contribution in [1.29, 1.82) is 0 Å². The molecule has 0 amide bonds. The predicted molar refractivity (Wildman–Crippen MR) is 90.0 cm³/mol. The fourth-order valence-corrected chi connectivity index (χ4v) is 3.08. The lowest BCUT2D eigenvalue weighted by atomic mass is 10.0. The van der Waals surface area contributed by atoms with Crippen molar-refractivity contribution >= 4 is 23.2 Å². The van der Waals surface area contributed by atoms with E-state index in [1.807, 2.05) is 18.2 Å². The Bertz CT molecular complexity index is 923. The molecule has 122 valence electrons. The van der Waals surface area contributed by atoms with E-state index in [-0.39, 0.29) is 10.8 Å². The molecule has 24 heavy (non-hydrogen) atoms. The SMILES string of the molecule is Oc1c(Cl)cc(Cl)cc1-c1oncc1-c1ccc2c(c1)OCCO2. The highest BCUT2D eigenvalue weighted by Gasteiger charge is 2.20. The van der Waals surface area contributed by atoms with Crippen LogP contribution in [-0.2, 0) is 0 Å².